The zero-order valence-electron chi connectivity index (χ0n) is 15.6. The number of rotatable bonds is 7. The van der Waals surface area contributed by atoms with E-state index in [4.69, 9.17) is 5.73 Å². The lowest BCUT2D eigenvalue weighted by atomic mass is 9.93. The predicted octanol–water partition coefficient (Wildman–Crippen LogP) is 2.82. The largest absolute Gasteiger partial charge is 0.352 e. The van der Waals surface area contributed by atoms with Crippen LogP contribution >= 0.6 is 12.4 Å². The molecule has 2 aromatic carbocycles. The van der Waals surface area contributed by atoms with Gasteiger partial charge in [0.1, 0.15) is 0 Å². The summed E-state index contributed by atoms with van der Waals surface area (Å²) in [4.78, 5) is 26.1. The Hall–Kier alpha value is -2.11. The number of nitrogens with zero attached hydrogens (tertiary/aromatic N) is 1. The topological polar surface area (TPSA) is 75.4 Å². The minimum Gasteiger partial charge on any atom is -0.352 e. The van der Waals surface area contributed by atoms with Crippen LogP contribution in [0.2, 0.25) is 0 Å². The van der Waals surface area contributed by atoms with Gasteiger partial charge in [-0.25, -0.2) is 0 Å². The summed E-state index contributed by atoms with van der Waals surface area (Å²) in [5.74, 6) is -0.163. The van der Waals surface area contributed by atoms with E-state index >= 15 is 0 Å². The van der Waals surface area contributed by atoms with Gasteiger partial charge in [-0.1, -0.05) is 44.2 Å². The molecule has 0 atom stereocenters. The first kappa shape index (κ1) is 21.9. The maximum Gasteiger partial charge on any atom is 0.251 e. The highest BCUT2D eigenvalue weighted by Crippen LogP contribution is 2.16. The highest BCUT2D eigenvalue weighted by Gasteiger charge is 2.21. The molecule has 0 saturated heterocycles. The lowest BCUT2D eigenvalue weighted by Crippen LogP contribution is -2.40. The molecule has 0 bridgehead atoms. The zero-order chi connectivity index (χ0) is 18.4. The van der Waals surface area contributed by atoms with Crippen molar-refractivity contribution in [2.75, 3.05) is 26.7 Å². The zero-order valence-corrected chi connectivity index (χ0v) is 16.4. The molecule has 0 aromatic heterocycles. The molecule has 6 heteroatoms. The first-order valence-corrected chi connectivity index (χ1v) is 8.53. The van der Waals surface area contributed by atoms with Crippen LogP contribution in [-0.4, -0.2) is 43.4 Å². The molecule has 5 nitrogen and oxygen atoms in total. The quantitative estimate of drug-likeness (QED) is 0.779. The van der Waals surface area contributed by atoms with Crippen molar-refractivity contribution >= 4 is 35.0 Å². The van der Waals surface area contributed by atoms with E-state index in [1.165, 1.54) is 0 Å². The maximum absolute atomic E-state index is 12.3. The highest BCUT2D eigenvalue weighted by atomic mass is 35.5. The first-order valence-electron chi connectivity index (χ1n) is 8.53. The molecule has 0 fully saturated rings. The van der Waals surface area contributed by atoms with E-state index < -0.39 is 0 Å². The molecular weight excluding hydrogens is 350 g/mol. The average molecular weight is 378 g/mol. The number of carbonyl (C=O) groups is 2. The molecule has 3 N–H and O–H groups in total. The van der Waals surface area contributed by atoms with Crippen molar-refractivity contribution in [1.82, 2.24) is 10.2 Å². The summed E-state index contributed by atoms with van der Waals surface area (Å²) in [6, 6.07) is 13.5. The van der Waals surface area contributed by atoms with Crippen molar-refractivity contribution in [3.8, 4) is 0 Å². The van der Waals surface area contributed by atoms with Crippen molar-refractivity contribution < 1.29 is 9.59 Å². The van der Waals surface area contributed by atoms with Gasteiger partial charge in [0, 0.05) is 32.1 Å². The molecule has 0 unspecified atom stereocenters. The van der Waals surface area contributed by atoms with E-state index in [2.05, 4.69) is 5.32 Å². The van der Waals surface area contributed by atoms with Gasteiger partial charge in [-0.05, 0) is 34.9 Å². The Kier molecular flexibility index (Phi) is 8.06. The van der Waals surface area contributed by atoms with Crippen LogP contribution in [0.3, 0.4) is 0 Å². The minimum absolute atomic E-state index is 0. The summed E-state index contributed by atoms with van der Waals surface area (Å²) in [6.07, 6.45) is 0.274. The number of nitrogens with one attached hydrogen (secondary N) is 1. The van der Waals surface area contributed by atoms with Crippen molar-refractivity contribution in [3.05, 3.63) is 48.0 Å². The van der Waals surface area contributed by atoms with Gasteiger partial charge >= 0.3 is 0 Å². The van der Waals surface area contributed by atoms with Gasteiger partial charge in [-0.3, -0.25) is 9.59 Å². The Balaban J connectivity index is 0.00000338. The Labute approximate surface area is 161 Å². The lowest BCUT2D eigenvalue weighted by molar-refractivity contribution is -0.130. The molecule has 2 amide bonds. The number of fused-ring (bicyclic) bond motifs is 1. The summed E-state index contributed by atoms with van der Waals surface area (Å²) in [5, 5.41) is 4.93. The third-order valence-corrected chi connectivity index (χ3v) is 4.28. The third kappa shape index (κ3) is 6.00. The first-order chi connectivity index (χ1) is 11.8. The summed E-state index contributed by atoms with van der Waals surface area (Å²) in [7, 11) is 1.77. The minimum atomic E-state index is -0.163. The van der Waals surface area contributed by atoms with E-state index in [9.17, 15) is 9.59 Å². The normalized spacial score (nSPS) is 10.9. The summed E-state index contributed by atoms with van der Waals surface area (Å²) < 4.78 is 0. The molecule has 0 aliphatic rings. The standard InChI is InChI=1S/C20H27N3O2.ClH/c1-20(2,13-21)14-23(3)18(24)10-11-22-19(25)17-9-8-15-6-4-5-7-16(15)12-17;/h4-9,12H,10-11,13-14,21H2,1-3H3,(H,22,25);1H. The molecule has 0 radical (unpaired) electrons. The van der Waals surface area contributed by atoms with E-state index in [-0.39, 0.29) is 36.1 Å². The molecule has 142 valence electrons. The highest BCUT2D eigenvalue weighted by molar-refractivity contribution is 5.98. The lowest BCUT2D eigenvalue weighted by Gasteiger charge is -2.29. The average Bonchev–Trinajstić information content (AvgIpc) is 2.60. The molecule has 2 rings (SSSR count). The summed E-state index contributed by atoms with van der Waals surface area (Å²) in [6.45, 7) is 5.48. The molecular formula is C20H28ClN3O2. The predicted molar refractivity (Wildman–Crippen MR) is 109 cm³/mol. The number of hydrogen-bond donors (Lipinski definition) is 2. The van der Waals surface area contributed by atoms with Crippen LogP contribution in [-0.2, 0) is 4.79 Å². The SMILES string of the molecule is CN(CC(C)(C)CN)C(=O)CCNC(=O)c1ccc2ccccc2c1.Cl. The Morgan fingerprint density at radius 1 is 1.12 bits per heavy atom. The van der Waals surface area contributed by atoms with Crippen molar-refractivity contribution in [2.24, 2.45) is 11.1 Å². The van der Waals surface area contributed by atoms with Crippen molar-refractivity contribution in [1.29, 1.82) is 0 Å². The molecule has 26 heavy (non-hydrogen) atoms. The molecule has 0 aliphatic heterocycles. The Morgan fingerprint density at radius 3 is 2.42 bits per heavy atom. The second-order valence-electron chi connectivity index (χ2n) is 7.19. The molecule has 0 aliphatic carbocycles. The number of carbonyl (C=O) groups excluding carboxylic acids is 2. The molecule has 0 spiro atoms. The molecule has 0 heterocycles. The second kappa shape index (κ2) is 9.55. The third-order valence-electron chi connectivity index (χ3n) is 4.28. The van der Waals surface area contributed by atoms with Gasteiger partial charge in [0.05, 0.1) is 0 Å². The fourth-order valence-electron chi connectivity index (χ4n) is 2.70. The summed E-state index contributed by atoms with van der Waals surface area (Å²) >= 11 is 0. The van der Waals surface area contributed by atoms with E-state index in [0.29, 0.717) is 25.2 Å². The van der Waals surface area contributed by atoms with E-state index in [0.717, 1.165) is 10.8 Å². The Morgan fingerprint density at radius 2 is 1.77 bits per heavy atom. The van der Waals surface area contributed by atoms with Crippen LogP contribution in [0.15, 0.2) is 42.5 Å². The second-order valence-corrected chi connectivity index (χ2v) is 7.19. The van der Waals surface area contributed by atoms with Crippen LogP contribution in [0.5, 0.6) is 0 Å². The summed E-state index contributed by atoms with van der Waals surface area (Å²) in [5.41, 5.74) is 6.19. The van der Waals surface area contributed by atoms with Gasteiger partial charge < -0.3 is 16.0 Å². The van der Waals surface area contributed by atoms with Crippen LogP contribution < -0.4 is 11.1 Å². The van der Waals surface area contributed by atoms with Crippen LogP contribution in [0, 0.1) is 5.41 Å². The van der Waals surface area contributed by atoms with Gasteiger partial charge in [-0.2, -0.15) is 0 Å². The molecule has 0 saturated carbocycles. The number of benzene rings is 2. The van der Waals surface area contributed by atoms with Gasteiger partial charge in [0.25, 0.3) is 5.91 Å². The molecule has 2 aromatic rings. The van der Waals surface area contributed by atoms with Crippen LogP contribution in [0.4, 0.5) is 0 Å². The monoisotopic (exact) mass is 377 g/mol. The number of hydrogen-bond acceptors (Lipinski definition) is 3. The van der Waals surface area contributed by atoms with E-state index in [1.807, 2.05) is 50.2 Å². The number of halogens is 1. The van der Waals surface area contributed by atoms with Gasteiger partial charge in [-0.15, -0.1) is 12.4 Å². The Bertz CT molecular complexity index is 762. The van der Waals surface area contributed by atoms with E-state index in [1.54, 1.807) is 18.0 Å². The fourth-order valence-corrected chi connectivity index (χ4v) is 2.70. The number of amides is 2. The van der Waals surface area contributed by atoms with Crippen molar-refractivity contribution in [2.45, 2.75) is 20.3 Å². The van der Waals surface area contributed by atoms with Crippen LogP contribution in [0.1, 0.15) is 30.6 Å². The van der Waals surface area contributed by atoms with Gasteiger partial charge in [0.2, 0.25) is 5.91 Å². The van der Waals surface area contributed by atoms with Crippen LogP contribution in [0.25, 0.3) is 10.8 Å². The smallest absolute Gasteiger partial charge is 0.251 e. The maximum atomic E-state index is 12.3. The number of nitrogens with two attached hydrogens (primary N) is 1. The fraction of sp³-hybridized carbons (Fsp3) is 0.400. The van der Waals surface area contributed by atoms with Crippen molar-refractivity contribution in [3.63, 3.8) is 0 Å². The van der Waals surface area contributed by atoms with Gasteiger partial charge in [0.15, 0.2) is 0 Å².